The average Bonchev–Trinajstić information content (AvgIpc) is 3.92. The molecular weight excluding hydrogens is 759 g/mol. The first-order valence-corrected chi connectivity index (χ1v) is 23.0. The van der Waals surface area contributed by atoms with Gasteiger partial charge < -0.3 is 20.3 Å². The monoisotopic (exact) mass is 813 g/mol. The predicted octanol–water partition coefficient (Wildman–Crippen LogP) is 12.3. The second kappa shape index (κ2) is 16.5. The number of hydrogen-bond donors (Lipinski definition) is 4. The molecule has 0 amide bonds. The van der Waals surface area contributed by atoms with E-state index >= 15 is 0 Å². The number of hydrogen-bond acceptors (Lipinski definition) is 5. The van der Waals surface area contributed by atoms with Gasteiger partial charge in [-0.1, -0.05) is 122 Å². The van der Waals surface area contributed by atoms with Crippen LogP contribution in [0.4, 0.5) is 5.69 Å². The van der Waals surface area contributed by atoms with Crippen LogP contribution in [0.5, 0.6) is 5.75 Å². The molecule has 0 spiro atoms. The highest BCUT2D eigenvalue weighted by molar-refractivity contribution is 6.01. The molecule has 0 saturated heterocycles. The summed E-state index contributed by atoms with van der Waals surface area (Å²) in [4.78, 5) is 12.0. The molecule has 6 heteroatoms. The molecule has 62 heavy (non-hydrogen) atoms. The summed E-state index contributed by atoms with van der Waals surface area (Å²) in [5.74, 6) is 8.51. The Balaban J connectivity index is 1.08. The zero-order valence-corrected chi connectivity index (χ0v) is 35.6. The Morgan fingerprint density at radius 1 is 0.855 bits per heavy atom. The fraction of sp³-hybridized carbons (Fsp3) is 0.304. The number of phenolic OH excluding ortho intramolecular Hbond substituents is 1. The normalized spacial score (nSPS) is 27.3. The van der Waals surface area contributed by atoms with Crippen molar-refractivity contribution in [3.05, 3.63) is 190 Å². The van der Waals surface area contributed by atoms with Crippen molar-refractivity contribution in [1.82, 2.24) is 15.6 Å². The summed E-state index contributed by atoms with van der Waals surface area (Å²) in [5.41, 5.74) is 15.3. The van der Waals surface area contributed by atoms with E-state index in [9.17, 15) is 5.11 Å². The Kier molecular flexibility index (Phi) is 10.3. The van der Waals surface area contributed by atoms with Crippen LogP contribution >= 0.6 is 0 Å². The summed E-state index contributed by atoms with van der Waals surface area (Å²) >= 11 is 0. The second-order valence-electron chi connectivity index (χ2n) is 18.0. The van der Waals surface area contributed by atoms with Crippen molar-refractivity contribution < 1.29 is 5.11 Å². The van der Waals surface area contributed by atoms with Crippen LogP contribution < -0.4 is 15.5 Å². The lowest BCUT2D eigenvalue weighted by Gasteiger charge is -2.33. The minimum atomic E-state index is -0.337. The molecule has 0 saturated carbocycles. The molecule has 8 aliphatic rings. The standard InChI is InChI=1S/C56H55N5O/c1-36-18-16-30-44(52(36)46-33-45-43-29-14-15-31-49(43)61(50(45)35-51(46)62)42-27-12-5-13-28-42)53-47(34-48(57-53)41-26-17-25-40(32-41)37-19-6-2-7-20-37)56-59-54(38-21-8-3-9-22-38)58-55(60-56)39-23-10-4-11-24-39/h3-5,8-10,12,15-17,19,21-23,25,27,30-36,41,43,49,54,56-57,59,62H,2,6-7,11,13,18,20,24,26,28H2,1H3,(H,58,60). The van der Waals surface area contributed by atoms with Crippen LogP contribution in [0.25, 0.3) is 11.1 Å². The number of aromatic hydroxyl groups is 1. The molecule has 2 aromatic carbocycles. The van der Waals surface area contributed by atoms with Gasteiger partial charge in [-0.05, 0) is 128 Å². The molecule has 2 aliphatic heterocycles. The molecule has 3 heterocycles. The number of nitrogens with one attached hydrogen (secondary N) is 3. The Bertz CT molecular complexity index is 2710. The largest absolute Gasteiger partial charge is 0.507 e. The molecule has 6 nitrogen and oxygen atoms in total. The van der Waals surface area contributed by atoms with E-state index in [1.165, 1.54) is 52.1 Å². The highest BCUT2D eigenvalue weighted by atomic mass is 16.3. The summed E-state index contributed by atoms with van der Waals surface area (Å²) in [6, 6.07) is 17.5. The number of aromatic nitrogens is 1. The van der Waals surface area contributed by atoms with Gasteiger partial charge in [0.15, 0.2) is 0 Å². The maximum atomic E-state index is 12.3. The number of H-pyrrole nitrogens is 1. The molecule has 0 bridgehead atoms. The number of anilines is 1. The van der Waals surface area contributed by atoms with Gasteiger partial charge in [-0.3, -0.25) is 5.32 Å². The van der Waals surface area contributed by atoms with Gasteiger partial charge in [0, 0.05) is 45.8 Å². The van der Waals surface area contributed by atoms with E-state index in [2.05, 4.69) is 161 Å². The first-order valence-electron chi connectivity index (χ1n) is 23.0. The van der Waals surface area contributed by atoms with Gasteiger partial charge in [-0.2, -0.15) is 0 Å². The first kappa shape index (κ1) is 38.6. The molecular formula is C56H55N5O. The van der Waals surface area contributed by atoms with Crippen LogP contribution in [0.3, 0.4) is 0 Å². The molecule has 4 N–H and O–H groups in total. The lowest BCUT2D eigenvalue weighted by molar-refractivity contribution is 0.408. The van der Waals surface area contributed by atoms with Crippen LogP contribution in [0.15, 0.2) is 161 Å². The van der Waals surface area contributed by atoms with E-state index < -0.39 is 0 Å². The molecule has 0 fully saturated rings. The SMILES string of the molecule is CC1CC=CC(c2[nH]c(C3C=C(C4=CCCCC4)C=CC3)cc2C2N=C(C3=CC=CCC3)NC(c3ccccc3)N2)=C1c1cc2c(cc1O)N(C1=CC=CCC1)C1C=CC#CC21. The maximum absolute atomic E-state index is 12.3. The molecule has 3 aromatic rings. The number of amidine groups is 1. The van der Waals surface area contributed by atoms with Crippen molar-refractivity contribution >= 4 is 22.7 Å². The van der Waals surface area contributed by atoms with E-state index in [1.807, 2.05) is 12.1 Å². The zero-order chi connectivity index (χ0) is 41.6. The van der Waals surface area contributed by atoms with E-state index in [0.717, 1.165) is 90.9 Å². The third-order valence-corrected chi connectivity index (χ3v) is 14.0. The summed E-state index contributed by atoms with van der Waals surface area (Å²) in [5, 5.41) is 20.1. The summed E-state index contributed by atoms with van der Waals surface area (Å²) in [6.45, 7) is 2.30. The number of benzene rings is 2. The number of fused-ring (bicyclic) bond motifs is 3. The van der Waals surface area contributed by atoms with Gasteiger partial charge in [0.25, 0.3) is 0 Å². The lowest BCUT2D eigenvalue weighted by Crippen LogP contribution is -2.45. The number of aromatic amines is 1. The minimum Gasteiger partial charge on any atom is -0.507 e. The Labute approximate surface area is 366 Å². The molecule has 6 unspecified atom stereocenters. The molecule has 6 atom stereocenters. The third-order valence-electron chi connectivity index (χ3n) is 14.0. The Morgan fingerprint density at radius 2 is 1.73 bits per heavy atom. The van der Waals surface area contributed by atoms with E-state index in [1.54, 1.807) is 0 Å². The highest BCUT2D eigenvalue weighted by Gasteiger charge is 2.41. The third kappa shape index (κ3) is 7.13. The number of phenols is 1. The van der Waals surface area contributed by atoms with Crippen molar-refractivity contribution in [2.75, 3.05) is 4.90 Å². The maximum Gasteiger partial charge on any atom is 0.131 e. The summed E-state index contributed by atoms with van der Waals surface area (Å²) < 4.78 is 0. The van der Waals surface area contributed by atoms with Gasteiger partial charge in [0.05, 0.1) is 17.7 Å². The quantitative estimate of drug-likeness (QED) is 0.171. The molecule has 1 aromatic heterocycles. The van der Waals surface area contributed by atoms with Crippen molar-refractivity contribution in [1.29, 1.82) is 0 Å². The summed E-state index contributed by atoms with van der Waals surface area (Å²) in [7, 11) is 0. The van der Waals surface area contributed by atoms with Crippen LogP contribution in [0, 0.1) is 17.8 Å². The first-order chi connectivity index (χ1) is 30.6. The number of allylic oxidation sites excluding steroid dienone is 18. The average molecular weight is 814 g/mol. The van der Waals surface area contributed by atoms with Crippen molar-refractivity contribution in [2.24, 2.45) is 10.9 Å². The Hall–Kier alpha value is -6.29. The fourth-order valence-electron chi connectivity index (χ4n) is 10.9. The van der Waals surface area contributed by atoms with E-state index in [0.29, 0.717) is 5.75 Å². The van der Waals surface area contributed by atoms with Gasteiger partial charge in [-0.15, -0.1) is 0 Å². The molecule has 6 aliphatic carbocycles. The zero-order valence-electron chi connectivity index (χ0n) is 35.6. The van der Waals surface area contributed by atoms with Crippen LogP contribution in [-0.2, 0) is 0 Å². The number of aliphatic imine (C=N–C) groups is 1. The fourth-order valence-corrected chi connectivity index (χ4v) is 10.9. The molecule has 310 valence electrons. The highest BCUT2D eigenvalue weighted by Crippen LogP contribution is 2.51. The van der Waals surface area contributed by atoms with Gasteiger partial charge in [0.1, 0.15) is 23.9 Å². The van der Waals surface area contributed by atoms with Gasteiger partial charge in [-0.25, -0.2) is 4.99 Å². The Morgan fingerprint density at radius 3 is 2.55 bits per heavy atom. The molecule has 11 rings (SSSR count). The van der Waals surface area contributed by atoms with Crippen LogP contribution in [-0.4, -0.2) is 22.0 Å². The minimum absolute atomic E-state index is 0.0254. The van der Waals surface area contributed by atoms with Crippen molar-refractivity contribution in [3.63, 3.8) is 0 Å². The predicted molar refractivity (Wildman–Crippen MR) is 254 cm³/mol. The topological polar surface area (TPSA) is 75.7 Å². The van der Waals surface area contributed by atoms with E-state index in [4.69, 9.17) is 4.99 Å². The molecule has 0 radical (unpaired) electrons. The van der Waals surface area contributed by atoms with Crippen molar-refractivity contribution in [2.45, 2.75) is 101 Å². The van der Waals surface area contributed by atoms with E-state index in [-0.39, 0.29) is 36.1 Å². The van der Waals surface area contributed by atoms with Crippen LogP contribution in [0.1, 0.15) is 129 Å². The smallest absolute Gasteiger partial charge is 0.131 e. The number of rotatable bonds is 8. The van der Waals surface area contributed by atoms with Crippen LogP contribution in [0.2, 0.25) is 0 Å². The lowest BCUT2D eigenvalue weighted by atomic mass is 9.80. The van der Waals surface area contributed by atoms with Crippen molar-refractivity contribution in [3.8, 4) is 17.6 Å². The number of nitrogens with zero attached hydrogens (tertiary/aromatic N) is 2. The summed E-state index contributed by atoms with van der Waals surface area (Å²) in [6.07, 6.45) is 41.8. The van der Waals surface area contributed by atoms with Gasteiger partial charge in [0.2, 0.25) is 0 Å². The second-order valence-corrected chi connectivity index (χ2v) is 18.0. The van der Waals surface area contributed by atoms with Gasteiger partial charge >= 0.3 is 0 Å².